The first-order valence-electron chi connectivity index (χ1n) is 6.24. The van der Waals surface area contributed by atoms with Crippen molar-refractivity contribution >= 4 is 5.69 Å². The van der Waals surface area contributed by atoms with E-state index in [1.165, 1.54) is 18.4 Å². The number of methoxy groups -OCH3 is 1. The highest BCUT2D eigenvalue weighted by Gasteiger charge is 2.44. The maximum absolute atomic E-state index is 5.98. The number of rotatable bonds is 6. The molecule has 1 aromatic carbocycles. The van der Waals surface area contributed by atoms with Crippen molar-refractivity contribution in [3.8, 4) is 0 Å². The predicted octanol–water partition coefficient (Wildman–Crippen LogP) is 2.16. The molecule has 0 bridgehead atoms. The van der Waals surface area contributed by atoms with Gasteiger partial charge in [-0.15, -0.1) is 0 Å². The van der Waals surface area contributed by atoms with Crippen LogP contribution in [0.25, 0.3) is 0 Å². The Bertz CT molecular complexity index is 376. The van der Waals surface area contributed by atoms with E-state index in [0.29, 0.717) is 19.1 Å². The molecular weight excluding hydrogens is 212 g/mol. The minimum absolute atomic E-state index is 0.0947. The van der Waals surface area contributed by atoms with Crippen molar-refractivity contribution in [2.24, 2.45) is 11.7 Å². The number of nitrogens with two attached hydrogens (primary N) is 1. The van der Waals surface area contributed by atoms with Crippen LogP contribution in [0.4, 0.5) is 5.69 Å². The second-order valence-corrected chi connectivity index (χ2v) is 5.06. The summed E-state index contributed by atoms with van der Waals surface area (Å²) in [6.07, 6.45) is 2.50. The van der Waals surface area contributed by atoms with Crippen LogP contribution in [0.15, 0.2) is 24.3 Å². The Labute approximate surface area is 103 Å². The fraction of sp³-hybridized carbons (Fsp3) is 0.571. The third-order valence-electron chi connectivity index (χ3n) is 3.54. The Morgan fingerprint density at radius 1 is 1.47 bits per heavy atom. The van der Waals surface area contributed by atoms with Gasteiger partial charge in [-0.1, -0.05) is 12.1 Å². The highest BCUT2D eigenvalue weighted by Crippen LogP contribution is 2.41. The van der Waals surface area contributed by atoms with E-state index in [4.69, 9.17) is 10.5 Å². The summed E-state index contributed by atoms with van der Waals surface area (Å²) in [5, 5.41) is 3.60. The Kier molecular flexibility index (Phi) is 3.69. The van der Waals surface area contributed by atoms with E-state index in [2.05, 4.69) is 36.5 Å². The first-order chi connectivity index (χ1) is 8.20. The topological polar surface area (TPSA) is 47.3 Å². The van der Waals surface area contributed by atoms with Crippen LogP contribution >= 0.6 is 0 Å². The zero-order valence-corrected chi connectivity index (χ0v) is 10.7. The van der Waals surface area contributed by atoms with Crippen molar-refractivity contribution in [3.63, 3.8) is 0 Å². The molecule has 0 saturated heterocycles. The quantitative estimate of drug-likeness (QED) is 0.793. The first kappa shape index (κ1) is 12.4. The summed E-state index contributed by atoms with van der Waals surface area (Å²) in [5.41, 5.74) is 8.28. The van der Waals surface area contributed by atoms with Crippen molar-refractivity contribution in [2.45, 2.75) is 25.3 Å². The number of ether oxygens (including phenoxy) is 1. The average molecular weight is 234 g/mol. The van der Waals surface area contributed by atoms with Gasteiger partial charge in [-0.3, -0.25) is 0 Å². The molecule has 2 rings (SSSR count). The second kappa shape index (κ2) is 5.07. The SMILES string of the molecule is COCC(CN)(Nc1cccc(C)c1)C1CC1. The molecule has 1 aromatic rings. The molecule has 0 radical (unpaired) electrons. The predicted molar refractivity (Wildman–Crippen MR) is 71.2 cm³/mol. The molecule has 17 heavy (non-hydrogen) atoms. The lowest BCUT2D eigenvalue weighted by Crippen LogP contribution is -2.51. The van der Waals surface area contributed by atoms with Gasteiger partial charge < -0.3 is 15.8 Å². The Hall–Kier alpha value is -1.06. The van der Waals surface area contributed by atoms with E-state index in [-0.39, 0.29) is 5.54 Å². The average Bonchev–Trinajstić information content (AvgIpc) is 3.12. The normalized spacial score (nSPS) is 18.8. The molecule has 0 spiro atoms. The molecule has 0 heterocycles. The Morgan fingerprint density at radius 3 is 2.76 bits per heavy atom. The van der Waals surface area contributed by atoms with Crippen LogP contribution in [0, 0.1) is 12.8 Å². The largest absolute Gasteiger partial charge is 0.382 e. The molecular formula is C14H22N2O. The van der Waals surface area contributed by atoms with E-state index < -0.39 is 0 Å². The molecule has 1 aliphatic rings. The molecule has 1 aliphatic carbocycles. The Morgan fingerprint density at radius 2 is 2.24 bits per heavy atom. The van der Waals surface area contributed by atoms with Crippen molar-refractivity contribution in [3.05, 3.63) is 29.8 Å². The van der Waals surface area contributed by atoms with Crippen LogP contribution in [-0.2, 0) is 4.74 Å². The van der Waals surface area contributed by atoms with Gasteiger partial charge in [0, 0.05) is 19.3 Å². The number of anilines is 1. The monoisotopic (exact) mass is 234 g/mol. The molecule has 1 unspecified atom stereocenters. The van der Waals surface area contributed by atoms with Gasteiger partial charge in [0.05, 0.1) is 12.1 Å². The van der Waals surface area contributed by atoms with E-state index >= 15 is 0 Å². The van der Waals surface area contributed by atoms with Crippen LogP contribution < -0.4 is 11.1 Å². The van der Waals surface area contributed by atoms with Crippen LogP contribution in [0.2, 0.25) is 0 Å². The molecule has 1 fully saturated rings. The highest BCUT2D eigenvalue weighted by molar-refractivity contribution is 5.48. The zero-order chi connectivity index (χ0) is 12.3. The van der Waals surface area contributed by atoms with E-state index in [0.717, 1.165) is 5.69 Å². The standard InChI is InChI=1S/C14H22N2O/c1-11-4-3-5-13(8-11)16-14(9-15,10-17-2)12-6-7-12/h3-5,8,12,16H,6-7,9-10,15H2,1-2H3. The molecule has 0 aliphatic heterocycles. The molecule has 0 amide bonds. The van der Waals surface area contributed by atoms with Crippen molar-refractivity contribution in [1.29, 1.82) is 0 Å². The Balaban J connectivity index is 2.16. The lowest BCUT2D eigenvalue weighted by atomic mass is 9.93. The number of aryl methyl sites for hydroxylation is 1. The summed E-state index contributed by atoms with van der Waals surface area (Å²) >= 11 is 0. The minimum Gasteiger partial charge on any atom is -0.382 e. The number of hydrogen-bond acceptors (Lipinski definition) is 3. The number of benzene rings is 1. The van der Waals surface area contributed by atoms with Gasteiger partial charge in [0.1, 0.15) is 0 Å². The lowest BCUT2D eigenvalue weighted by molar-refractivity contribution is 0.134. The maximum Gasteiger partial charge on any atom is 0.0756 e. The van der Waals surface area contributed by atoms with Gasteiger partial charge in [0.15, 0.2) is 0 Å². The minimum atomic E-state index is -0.0947. The van der Waals surface area contributed by atoms with Crippen molar-refractivity contribution < 1.29 is 4.74 Å². The van der Waals surface area contributed by atoms with Gasteiger partial charge in [0.25, 0.3) is 0 Å². The summed E-state index contributed by atoms with van der Waals surface area (Å²) < 4.78 is 5.36. The number of nitrogens with one attached hydrogen (secondary N) is 1. The fourth-order valence-electron chi connectivity index (χ4n) is 2.44. The van der Waals surface area contributed by atoms with Crippen molar-refractivity contribution in [2.75, 3.05) is 25.6 Å². The van der Waals surface area contributed by atoms with Gasteiger partial charge in [-0.2, -0.15) is 0 Å². The van der Waals surface area contributed by atoms with Crippen LogP contribution in [0.3, 0.4) is 0 Å². The summed E-state index contributed by atoms with van der Waals surface area (Å²) in [4.78, 5) is 0. The van der Waals surface area contributed by atoms with Gasteiger partial charge in [-0.25, -0.2) is 0 Å². The third-order valence-corrected chi connectivity index (χ3v) is 3.54. The summed E-state index contributed by atoms with van der Waals surface area (Å²) in [6, 6.07) is 8.42. The highest BCUT2D eigenvalue weighted by atomic mass is 16.5. The van der Waals surface area contributed by atoms with E-state index in [1.807, 2.05) is 0 Å². The number of hydrogen-bond donors (Lipinski definition) is 2. The van der Waals surface area contributed by atoms with Gasteiger partial charge in [0.2, 0.25) is 0 Å². The summed E-state index contributed by atoms with van der Waals surface area (Å²) in [5.74, 6) is 0.646. The molecule has 1 atom stereocenters. The van der Waals surface area contributed by atoms with E-state index in [9.17, 15) is 0 Å². The zero-order valence-electron chi connectivity index (χ0n) is 10.7. The second-order valence-electron chi connectivity index (χ2n) is 5.06. The van der Waals surface area contributed by atoms with Crippen molar-refractivity contribution in [1.82, 2.24) is 0 Å². The van der Waals surface area contributed by atoms with Gasteiger partial charge >= 0.3 is 0 Å². The third kappa shape index (κ3) is 2.79. The molecule has 1 saturated carbocycles. The first-order valence-corrected chi connectivity index (χ1v) is 6.24. The smallest absolute Gasteiger partial charge is 0.0756 e. The molecule has 3 nitrogen and oxygen atoms in total. The van der Waals surface area contributed by atoms with Crippen LogP contribution in [0.1, 0.15) is 18.4 Å². The molecule has 3 heteroatoms. The van der Waals surface area contributed by atoms with Crippen LogP contribution in [0.5, 0.6) is 0 Å². The van der Waals surface area contributed by atoms with E-state index in [1.54, 1.807) is 7.11 Å². The summed E-state index contributed by atoms with van der Waals surface area (Å²) in [6.45, 7) is 3.38. The molecule has 94 valence electrons. The van der Waals surface area contributed by atoms with Gasteiger partial charge in [-0.05, 0) is 43.4 Å². The fourth-order valence-corrected chi connectivity index (χ4v) is 2.44. The lowest BCUT2D eigenvalue weighted by Gasteiger charge is -2.34. The molecule has 3 N–H and O–H groups in total. The summed E-state index contributed by atoms with van der Waals surface area (Å²) in [7, 11) is 1.74. The molecule has 0 aromatic heterocycles. The van der Waals surface area contributed by atoms with Crippen LogP contribution in [-0.4, -0.2) is 25.8 Å². The maximum atomic E-state index is 5.98.